The number of nitrogens with one attached hydrogen (secondary N) is 1. The zero-order valence-corrected chi connectivity index (χ0v) is 25.5. The standard InChI is InChI=1S/C30H52N2O6.ClH/c1-21(2)24(16-23-12-13-27(36-4)28(18-23)38-15-9-14-35-3)19-25(31)26(33)20-32-30(34)29(37-5)17-22-10-7-6-8-11-22;/h12-13,18,21-22,24-26,29,33H,6-11,14-17,19-20,31H2,1-5H3,(H,32,34);1H/t24-,25-,26-,29+;/m0./s1. The first-order valence-electron chi connectivity index (χ1n) is 14.3. The van der Waals surface area contributed by atoms with Crippen LogP contribution in [0.15, 0.2) is 18.2 Å². The molecule has 1 aliphatic rings. The van der Waals surface area contributed by atoms with Crippen LogP contribution in [0.5, 0.6) is 11.5 Å². The van der Waals surface area contributed by atoms with Crippen molar-refractivity contribution in [2.24, 2.45) is 23.5 Å². The largest absolute Gasteiger partial charge is 0.493 e. The number of benzene rings is 1. The zero-order valence-electron chi connectivity index (χ0n) is 24.7. The van der Waals surface area contributed by atoms with E-state index in [-0.39, 0.29) is 30.8 Å². The van der Waals surface area contributed by atoms with Gasteiger partial charge < -0.3 is 35.1 Å². The van der Waals surface area contributed by atoms with Crippen molar-refractivity contribution in [2.75, 3.05) is 41.1 Å². The van der Waals surface area contributed by atoms with Gasteiger partial charge in [-0.25, -0.2) is 0 Å². The highest BCUT2D eigenvalue weighted by atomic mass is 35.5. The Hall–Kier alpha value is -1.58. The maximum Gasteiger partial charge on any atom is 0.249 e. The number of methoxy groups -OCH3 is 3. The minimum atomic E-state index is -0.831. The summed E-state index contributed by atoms with van der Waals surface area (Å²) in [5, 5.41) is 13.6. The number of halogens is 1. The van der Waals surface area contributed by atoms with E-state index < -0.39 is 18.2 Å². The van der Waals surface area contributed by atoms with E-state index in [0.29, 0.717) is 37.2 Å². The lowest BCUT2D eigenvalue weighted by Gasteiger charge is -2.28. The van der Waals surface area contributed by atoms with Gasteiger partial charge in [-0.15, -0.1) is 12.4 Å². The smallest absolute Gasteiger partial charge is 0.249 e. The highest BCUT2D eigenvalue weighted by Gasteiger charge is 2.27. The molecule has 4 atom stereocenters. The second kappa shape index (κ2) is 19.5. The van der Waals surface area contributed by atoms with Gasteiger partial charge in [0.15, 0.2) is 11.5 Å². The van der Waals surface area contributed by atoms with E-state index in [1.165, 1.54) is 19.3 Å². The average molecular weight is 573 g/mol. The van der Waals surface area contributed by atoms with Crippen molar-refractivity contribution in [3.05, 3.63) is 23.8 Å². The molecule has 0 heterocycles. The van der Waals surface area contributed by atoms with Crippen LogP contribution in [0.2, 0.25) is 0 Å². The predicted octanol–water partition coefficient (Wildman–Crippen LogP) is 4.53. The van der Waals surface area contributed by atoms with Crippen LogP contribution in [0.4, 0.5) is 0 Å². The molecule has 2 rings (SSSR count). The molecule has 9 heteroatoms. The molecule has 1 aliphatic carbocycles. The SMILES string of the molecule is COCCCOc1cc(C[C@@H](C[C@H](N)[C@@H](O)CNC(=O)[C@@H](CC2CCCCC2)OC)C(C)C)ccc1OC.Cl. The van der Waals surface area contributed by atoms with Gasteiger partial charge in [-0.05, 0) is 54.7 Å². The first-order chi connectivity index (χ1) is 18.3. The van der Waals surface area contributed by atoms with Gasteiger partial charge in [0.05, 0.1) is 19.8 Å². The fourth-order valence-corrected chi connectivity index (χ4v) is 5.25. The van der Waals surface area contributed by atoms with Gasteiger partial charge in [-0.1, -0.05) is 52.0 Å². The Bertz CT molecular complexity index is 806. The number of amides is 1. The van der Waals surface area contributed by atoms with Crippen LogP contribution in [0, 0.1) is 17.8 Å². The summed E-state index contributed by atoms with van der Waals surface area (Å²) in [7, 11) is 4.90. The molecular weight excluding hydrogens is 520 g/mol. The van der Waals surface area contributed by atoms with E-state index in [1.807, 2.05) is 12.1 Å². The molecule has 39 heavy (non-hydrogen) atoms. The summed E-state index contributed by atoms with van der Waals surface area (Å²) < 4.78 is 22.0. The number of aliphatic hydroxyl groups excluding tert-OH is 1. The second-order valence-electron chi connectivity index (χ2n) is 11.1. The number of hydrogen-bond donors (Lipinski definition) is 3. The summed E-state index contributed by atoms with van der Waals surface area (Å²) in [4.78, 5) is 12.7. The first-order valence-corrected chi connectivity index (χ1v) is 14.3. The summed E-state index contributed by atoms with van der Waals surface area (Å²) in [6.07, 6.45) is 7.72. The minimum absolute atomic E-state index is 0. The number of nitrogens with two attached hydrogens (primary N) is 1. The molecule has 0 spiro atoms. The van der Waals surface area contributed by atoms with Gasteiger partial charge in [0.2, 0.25) is 5.91 Å². The number of carbonyl (C=O) groups excluding carboxylic acids is 1. The van der Waals surface area contributed by atoms with Crippen LogP contribution in [0.25, 0.3) is 0 Å². The van der Waals surface area contributed by atoms with Crippen LogP contribution in [-0.2, 0) is 20.7 Å². The highest BCUT2D eigenvalue weighted by Crippen LogP contribution is 2.31. The molecule has 0 radical (unpaired) electrons. The lowest BCUT2D eigenvalue weighted by atomic mass is 9.83. The number of aliphatic hydroxyl groups is 1. The molecule has 1 aromatic carbocycles. The van der Waals surface area contributed by atoms with Gasteiger partial charge in [0, 0.05) is 39.8 Å². The van der Waals surface area contributed by atoms with Crippen molar-refractivity contribution < 1.29 is 28.8 Å². The molecule has 1 saturated carbocycles. The van der Waals surface area contributed by atoms with Gasteiger partial charge >= 0.3 is 0 Å². The molecular formula is C30H53ClN2O6. The van der Waals surface area contributed by atoms with Gasteiger partial charge in [-0.3, -0.25) is 4.79 Å². The Balaban J connectivity index is 0.00000760. The number of hydrogen-bond acceptors (Lipinski definition) is 7. The van der Waals surface area contributed by atoms with E-state index >= 15 is 0 Å². The Morgan fingerprint density at radius 2 is 1.82 bits per heavy atom. The van der Waals surface area contributed by atoms with Crippen LogP contribution in [0.3, 0.4) is 0 Å². The second-order valence-corrected chi connectivity index (χ2v) is 11.1. The van der Waals surface area contributed by atoms with Crippen molar-refractivity contribution in [3.63, 3.8) is 0 Å². The molecule has 0 aliphatic heterocycles. The van der Waals surface area contributed by atoms with Crippen LogP contribution >= 0.6 is 12.4 Å². The van der Waals surface area contributed by atoms with Crippen molar-refractivity contribution in [1.82, 2.24) is 5.32 Å². The minimum Gasteiger partial charge on any atom is -0.493 e. The van der Waals surface area contributed by atoms with E-state index in [9.17, 15) is 9.90 Å². The Kier molecular flexibility index (Phi) is 17.7. The van der Waals surface area contributed by atoms with E-state index in [0.717, 1.165) is 43.4 Å². The van der Waals surface area contributed by atoms with Gasteiger partial charge in [0.1, 0.15) is 6.10 Å². The molecule has 0 bridgehead atoms. The third-order valence-corrected chi connectivity index (χ3v) is 7.82. The molecule has 1 fully saturated rings. The molecule has 0 aromatic heterocycles. The maximum absolute atomic E-state index is 12.7. The lowest BCUT2D eigenvalue weighted by Crippen LogP contribution is -2.47. The molecule has 4 N–H and O–H groups in total. The molecule has 0 unspecified atom stereocenters. The van der Waals surface area contributed by atoms with E-state index in [1.54, 1.807) is 21.3 Å². The number of ether oxygens (including phenoxy) is 4. The third kappa shape index (κ3) is 12.6. The molecule has 226 valence electrons. The molecule has 1 aromatic rings. The van der Waals surface area contributed by atoms with Gasteiger partial charge in [0.25, 0.3) is 0 Å². The Morgan fingerprint density at radius 1 is 1.10 bits per heavy atom. The Labute approximate surface area is 242 Å². The number of carbonyl (C=O) groups is 1. The van der Waals surface area contributed by atoms with Crippen LogP contribution < -0.4 is 20.5 Å². The van der Waals surface area contributed by atoms with Crippen LogP contribution in [-0.4, -0.2) is 70.4 Å². The topological polar surface area (TPSA) is 112 Å². The summed E-state index contributed by atoms with van der Waals surface area (Å²) in [5.41, 5.74) is 7.57. The maximum atomic E-state index is 12.7. The van der Waals surface area contributed by atoms with Gasteiger partial charge in [-0.2, -0.15) is 0 Å². The molecule has 8 nitrogen and oxygen atoms in total. The quantitative estimate of drug-likeness (QED) is 0.222. The normalized spacial score (nSPS) is 17.1. The fraction of sp³-hybridized carbons (Fsp3) is 0.767. The van der Waals surface area contributed by atoms with Crippen molar-refractivity contribution in [3.8, 4) is 11.5 Å². The van der Waals surface area contributed by atoms with Crippen LogP contribution in [0.1, 0.15) is 70.8 Å². The van der Waals surface area contributed by atoms with E-state index in [4.69, 9.17) is 24.7 Å². The summed E-state index contributed by atoms with van der Waals surface area (Å²) in [5.74, 6) is 2.41. The summed E-state index contributed by atoms with van der Waals surface area (Å²) in [6, 6.07) is 5.56. The predicted molar refractivity (Wildman–Crippen MR) is 158 cm³/mol. The number of rotatable bonds is 18. The highest BCUT2D eigenvalue weighted by molar-refractivity contribution is 5.85. The average Bonchev–Trinajstić information content (AvgIpc) is 2.92. The monoisotopic (exact) mass is 572 g/mol. The van der Waals surface area contributed by atoms with Crippen molar-refractivity contribution in [1.29, 1.82) is 0 Å². The summed E-state index contributed by atoms with van der Waals surface area (Å²) >= 11 is 0. The summed E-state index contributed by atoms with van der Waals surface area (Å²) in [6.45, 7) is 5.66. The molecule has 0 saturated heterocycles. The third-order valence-electron chi connectivity index (χ3n) is 7.82. The Morgan fingerprint density at radius 3 is 2.44 bits per heavy atom. The molecule has 1 amide bonds. The first kappa shape index (κ1) is 35.4. The zero-order chi connectivity index (χ0) is 27.9. The lowest BCUT2D eigenvalue weighted by molar-refractivity contribution is -0.132. The van der Waals surface area contributed by atoms with Crippen molar-refractivity contribution in [2.45, 2.75) is 89.9 Å². The van der Waals surface area contributed by atoms with Crippen molar-refractivity contribution >= 4 is 18.3 Å². The fourth-order valence-electron chi connectivity index (χ4n) is 5.25. The van der Waals surface area contributed by atoms with E-state index in [2.05, 4.69) is 25.2 Å².